The molecule has 0 radical (unpaired) electrons. The van der Waals surface area contributed by atoms with E-state index in [0.717, 1.165) is 31.0 Å². The van der Waals surface area contributed by atoms with Crippen LogP contribution < -0.4 is 15.1 Å². The van der Waals surface area contributed by atoms with Crippen LogP contribution >= 0.6 is 0 Å². The Kier molecular flexibility index (Phi) is 4.79. The summed E-state index contributed by atoms with van der Waals surface area (Å²) in [6.45, 7) is 2.10. The topological polar surface area (TPSA) is 54.5 Å². The Labute approximate surface area is 136 Å². The van der Waals surface area contributed by atoms with E-state index in [1.807, 2.05) is 35.2 Å². The van der Waals surface area contributed by atoms with E-state index in [1.54, 1.807) is 6.26 Å². The standard InChI is InChI=1S/C18H23N3O2/c1-20(2)16(17-8-5-11-23-17)12-19-13-18(22)21-10-9-14-6-3-4-7-15(14)21/h3-8,11,16,19H,9-10,12-13H2,1-2H3/p+2/t16-/m0/s1. The third-order valence-corrected chi connectivity index (χ3v) is 4.49. The number of nitrogens with one attached hydrogen (secondary N) is 1. The average molecular weight is 315 g/mol. The molecule has 0 unspecified atom stereocenters. The molecule has 0 fully saturated rings. The second-order valence-electron chi connectivity index (χ2n) is 6.30. The maximum absolute atomic E-state index is 12.5. The highest BCUT2D eigenvalue weighted by Crippen LogP contribution is 2.26. The molecule has 1 atom stereocenters. The van der Waals surface area contributed by atoms with Crippen LogP contribution in [0.25, 0.3) is 0 Å². The number of likely N-dealkylation sites (N-methyl/N-ethyl adjacent to an activating group) is 1. The molecule has 0 aliphatic carbocycles. The lowest BCUT2D eigenvalue weighted by Gasteiger charge is -2.19. The van der Waals surface area contributed by atoms with E-state index >= 15 is 0 Å². The number of anilines is 1. The van der Waals surface area contributed by atoms with Gasteiger partial charge in [0.2, 0.25) is 0 Å². The molecule has 0 saturated heterocycles. The molecule has 5 nitrogen and oxygen atoms in total. The highest BCUT2D eigenvalue weighted by Gasteiger charge is 2.27. The highest BCUT2D eigenvalue weighted by atomic mass is 16.3. The molecule has 1 aromatic carbocycles. The van der Waals surface area contributed by atoms with Crippen LogP contribution in [0.3, 0.4) is 0 Å². The zero-order valence-corrected chi connectivity index (χ0v) is 13.8. The third-order valence-electron chi connectivity index (χ3n) is 4.49. The summed E-state index contributed by atoms with van der Waals surface area (Å²) in [4.78, 5) is 15.7. The summed E-state index contributed by atoms with van der Waals surface area (Å²) in [6, 6.07) is 12.3. The fraction of sp³-hybridized carbons (Fsp3) is 0.389. The zero-order valence-electron chi connectivity index (χ0n) is 13.8. The van der Waals surface area contributed by atoms with Crippen molar-refractivity contribution in [3.05, 3.63) is 54.0 Å². The summed E-state index contributed by atoms with van der Waals surface area (Å²) in [5.74, 6) is 1.15. The molecule has 23 heavy (non-hydrogen) atoms. The minimum Gasteiger partial charge on any atom is -0.463 e. The number of quaternary nitrogens is 2. The Hall–Kier alpha value is -2.11. The van der Waals surface area contributed by atoms with Crippen LogP contribution in [0.1, 0.15) is 17.4 Å². The van der Waals surface area contributed by atoms with Crippen molar-refractivity contribution in [2.24, 2.45) is 0 Å². The smallest absolute Gasteiger partial charge is 0.282 e. The number of para-hydroxylation sites is 1. The summed E-state index contributed by atoms with van der Waals surface area (Å²) in [5.41, 5.74) is 2.35. The Bertz CT molecular complexity index is 652. The van der Waals surface area contributed by atoms with Crippen LogP contribution in [-0.2, 0) is 11.2 Å². The molecule has 0 spiro atoms. The number of furan rings is 1. The lowest BCUT2D eigenvalue weighted by Crippen LogP contribution is -3.09. The maximum Gasteiger partial charge on any atom is 0.282 e. The first-order valence-corrected chi connectivity index (χ1v) is 8.20. The van der Waals surface area contributed by atoms with Crippen LogP contribution in [0.4, 0.5) is 5.69 Å². The van der Waals surface area contributed by atoms with Crippen LogP contribution in [0.15, 0.2) is 47.1 Å². The summed E-state index contributed by atoms with van der Waals surface area (Å²) in [6.07, 6.45) is 2.66. The van der Waals surface area contributed by atoms with Gasteiger partial charge < -0.3 is 19.5 Å². The van der Waals surface area contributed by atoms with Crippen molar-refractivity contribution < 1.29 is 19.4 Å². The molecule has 0 saturated carbocycles. The number of rotatable bonds is 6. The first kappa shape index (κ1) is 15.8. The number of nitrogens with two attached hydrogens (primary N) is 1. The lowest BCUT2D eigenvalue weighted by atomic mass is 10.2. The van der Waals surface area contributed by atoms with Gasteiger partial charge in [0.1, 0.15) is 6.54 Å². The van der Waals surface area contributed by atoms with E-state index in [4.69, 9.17) is 4.42 Å². The predicted octanol–water partition coefficient (Wildman–Crippen LogP) is -0.382. The van der Waals surface area contributed by atoms with E-state index in [2.05, 4.69) is 25.5 Å². The van der Waals surface area contributed by atoms with Gasteiger partial charge in [-0.2, -0.15) is 0 Å². The van der Waals surface area contributed by atoms with E-state index < -0.39 is 0 Å². The van der Waals surface area contributed by atoms with Crippen LogP contribution in [-0.4, -0.2) is 39.6 Å². The second kappa shape index (κ2) is 6.98. The number of nitrogens with zero attached hydrogens (tertiary/aromatic N) is 1. The number of carbonyl (C=O) groups is 1. The third kappa shape index (κ3) is 3.46. The molecule has 0 bridgehead atoms. The molecule has 2 heterocycles. The van der Waals surface area contributed by atoms with Gasteiger partial charge in [-0.1, -0.05) is 18.2 Å². The minimum atomic E-state index is 0.182. The summed E-state index contributed by atoms with van der Waals surface area (Å²) >= 11 is 0. The zero-order chi connectivity index (χ0) is 16.2. The van der Waals surface area contributed by atoms with E-state index in [0.29, 0.717) is 6.54 Å². The Morgan fingerprint density at radius 3 is 2.87 bits per heavy atom. The minimum absolute atomic E-state index is 0.182. The van der Waals surface area contributed by atoms with Gasteiger partial charge in [0.15, 0.2) is 18.3 Å². The number of hydrogen-bond acceptors (Lipinski definition) is 2. The second-order valence-corrected chi connectivity index (χ2v) is 6.30. The number of amides is 1. The molecular weight excluding hydrogens is 290 g/mol. The SMILES string of the molecule is C[NH+](C)[C@@H](C[NH2+]CC(=O)N1CCc2ccccc21)c1ccco1. The van der Waals surface area contributed by atoms with Crippen molar-refractivity contribution in [2.75, 3.05) is 38.6 Å². The van der Waals surface area contributed by atoms with Gasteiger partial charge in [0.05, 0.1) is 20.4 Å². The van der Waals surface area contributed by atoms with Crippen molar-refractivity contribution in [3.63, 3.8) is 0 Å². The molecule has 3 N–H and O–H groups in total. The monoisotopic (exact) mass is 315 g/mol. The maximum atomic E-state index is 12.5. The van der Waals surface area contributed by atoms with Crippen molar-refractivity contribution in [1.29, 1.82) is 0 Å². The first-order chi connectivity index (χ1) is 11.2. The molecule has 1 aromatic heterocycles. The molecular formula is C18H25N3O2+2. The van der Waals surface area contributed by atoms with Crippen LogP contribution in [0, 0.1) is 0 Å². The largest absolute Gasteiger partial charge is 0.463 e. The molecule has 3 rings (SSSR count). The van der Waals surface area contributed by atoms with Crippen molar-refractivity contribution in [1.82, 2.24) is 0 Å². The Morgan fingerprint density at radius 2 is 2.13 bits per heavy atom. The quantitative estimate of drug-likeness (QED) is 0.763. The number of hydrogen-bond donors (Lipinski definition) is 2. The summed E-state index contributed by atoms with van der Waals surface area (Å²) in [5, 5.41) is 2.09. The van der Waals surface area contributed by atoms with Gasteiger partial charge in [0, 0.05) is 12.2 Å². The van der Waals surface area contributed by atoms with E-state index in [-0.39, 0.29) is 11.9 Å². The lowest BCUT2D eigenvalue weighted by molar-refractivity contribution is -0.909. The van der Waals surface area contributed by atoms with E-state index in [1.165, 1.54) is 10.5 Å². The van der Waals surface area contributed by atoms with Gasteiger partial charge in [-0.25, -0.2) is 0 Å². The summed E-state index contributed by atoms with van der Waals surface area (Å²) in [7, 11) is 4.22. The fourth-order valence-corrected chi connectivity index (χ4v) is 3.21. The normalized spacial score (nSPS) is 15.0. The molecule has 1 aliphatic heterocycles. The number of fused-ring (bicyclic) bond motifs is 1. The summed E-state index contributed by atoms with van der Waals surface area (Å²) < 4.78 is 5.52. The first-order valence-electron chi connectivity index (χ1n) is 8.20. The number of carbonyl (C=O) groups excluding carboxylic acids is 1. The number of benzene rings is 1. The highest BCUT2D eigenvalue weighted by molar-refractivity contribution is 5.96. The van der Waals surface area contributed by atoms with Gasteiger partial charge in [-0.05, 0) is 30.2 Å². The van der Waals surface area contributed by atoms with Crippen molar-refractivity contribution in [3.8, 4) is 0 Å². The van der Waals surface area contributed by atoms with Crippen molar-refractivity contribution >= 4 is 11.6 Å². The van der Waals surface area contributed by atoms with Gasteiger partial charge in [-0.15, -0.1) is 0 Å². The molecule has 1 amide bonds. The Morgan fingerprint density at radius 1 is 1.30 bits per heavy atom. The fourth-order valence-electron chi connectivity index (χ4n) is 3.21. The van der Waals surface area contributed by atoms with Crippen LogP contribution in [0.5, 0.6) is 0 Å². The van der Waals surface area contributed by atoms with Gasteiger partial charge in [0.25, 0.3) is 5.91 Å². The Balaban J connectivity index is 1.55. The molecule has 122 valence electrons. The molecule has 2 aromatic rings. The van der Waals surface area contributed by atoms with Crippen LogP contribution in [0.2, 0.25) is 0 Å². The van der Waals surface area contributed by atoms with Crippen molar-refractivity contribution in [2.45, 2.75) is 12.5 Å². The predicted molar refractivity (Wildman–Crippen MR) is 88.4 cm³/mol. The molecule has 1 aliphatic rings. The van der Waals surface area contributed by atoms with Gasteiger partial charge >= 0.3 is 0 Å². The molecule has 5 heteroatoms. The van der Waals surface area contributed by atoms with E-state index in [9.17, 15) is 4.79 Å². The van der Waals surface area contributed by atoms with Gasteiger partial charge in [-0.3, -0.25) is 4.79 Å². The average Bonchev–Trinajstić information content (AvgIpc) is 3.20.